The van der Waals surface area contributed by atoms with E-state index in [0.29, 0.717) is 12.8 Å². The second-order valence-corrected chi connectivity index (χ2v) is 10.8. The van der Waals surface area contributed by atoms with E-state index in [9.17, 15) is 9.59 Å². The molecule has 4 aromatic carbocycles. The number of hydrogen-bond acceptors (Lipinski definition) is 4. The number of rotatable bonds is 7. The van der Waals surface area contributed by atoms with Crippen LogP contribution < -0.4 is 10.2 Å². The first-order valence-corrected chi connectivity index (χ1v) is 13.6. The molecule has 0 aromatic heterocycles. The van der Waals surface area contributed by atoms with Crippen LogP contribution in [0.25, 0.3) is 0 Å². The molecule has 1 aliphatic heterocycles. The van der Waals surface area contributed by atoms with Crippen LogP contribution in [0.1, 0.15) is 18.9 Å². The lowest BCUT2D eigenvalue weighted by Gasteiger charge is -2.33. The summed E-state index contributed by atoms with van der Waals surface area (Å²) in [5.74, 6) is 0.0199. The summed E-state index contributed by atoms with van der Waals surface area (Å²) < 4.78 is 0. The molecular weight excluding hydrogens is 484 g/mol. The topological polar surface area (TPSA) is 49.4 Å². The van der Waals surface area contributed by atoms with Crippen molar-refractivity contribution in [2.45, 2.75) is 39.7 Å². The molecule has 5 rings (SSSR count). The number of nitrogens with one attached hydrogen (secondary N) is 1. The van der Waals surface area contributed by atoms with Gasteiger partial charge in [0.2, 0.25) is 11.8 Å². The summed E-state index contributed by atoms with van der Waals surface area (Å²) in [6.45, 7) is 2.05. The highest BCUT2D eigenvalue weighted by Crippen LogP contribution is 2.48. The van der Waals surface area contributed by atoms with E-state index < -0.39 is 0 Å². The Morgan fingerprint density at radius 3 is 2.00 bits per heavy atom. The second-order valence-electron chi connectivity index (χ2n) is 8.46. The minimum absolute atomic E-state index is 0.0523. The van der Waals surface area contributed by atoms with Gasteiger partial charge in [0, 0.05) is 20.4 Å². The molecule has 0 fully saturated rings. The van der Waals surface area contributed by atoms with Crippen LogP contribution in [0.5, 0.6) is 0 Å². The standard InChI is InChI=1S/C30H26N2O2S2/c1-2-26(30(34)32-24-12-6-8-14-27(24)36-28-15-9-7-13-25(28)32)35-23-18-16-22(17-19-23)31-29(33)20-21-10-4-3-5-11-21/h3-19,26H,2,20H2,1H3,(H,31,33). The summed E-state index contributed by atoms with van der Waals surface area (Å²) >= 11 is 3.26. The van der Waals surface area contributed by atoms with Crippen molar-refractivity contribution in [2.75, 3.05) is 10.2 Å². The number of carbonyl (C=O) groups excluding carboxylic acids is 2. The van der Waals surface area contributed by atoms with Crippen LogP contribution in [0, 0.1) is 0 Å². The summed E-state index contributed by atoms with van der Waals surface area (Å²) in [5.41, 5.74) is 3.59. The molecule has 0 saturated carbocycles. The number of nitrogens with zero attached hydrogens (tertiary/aromatic N) is 1. The normalized spacial score (nSPS) is 12.9. The quantitative estimate of drug-likeness (QED) is 0.261. The average molecular weight is 511 g/mol. The zero-order chi connectivity index (χ0) is 24.9. The number of amides is 2. The lowest BCUT2D eigenvalue weighted by molar-refractivity contribution is -0.117. The highest BCUT2D eigenvalue weighted by molar-refractivity contribution is 8.00. The lowest BCUT2D eigenvalue weighted by atomic mass is 10.1. The Morgan fingerprint density at radius 1 is 0.806 bits per heavy atom. The SMILES string of the molecule is CCC(Sc1ccc(NC(=O)Cc2ccccc2)cc1)C(=O)N1c2ccccc2Sc2ccccc21. The van der Waals surface area contributed by atoms with Crippen LogP contribution in [0.3, 0.4) is 0 Å². The largest absolute Gasteiger partial charge is 0.326 e. The van der Waals surface area contributed by atoms with Crippen molar-refractivity contribution in [3.8, 4) is 0 Å². The Morgan fingerprint density at radius 2 is 1.39 bits per heavy atom. The third-order valence-corrected chi connectivity index (χ3v) is 8.42. The van der Waals surface area contributed by atoms with Gasteiger partial charge in [-0.25, -0.2) is 0 Å². The van der Waals surface area contributed by atoms with Crippen molar-refractivity contribution in [2.24, 2.45) is 0 Å². The molecule has 1 heterocycles. The number of fused-ring (bicyclic) bond motifs is 2. The summed E-state index contributed by atoms with van der Waals surface area (Å²) in [7, 11) is 0. The molecule has 0 spiro atoms. The van der Waals surface area contributed by atoms with Gasteiger partial charge in [-0.15, -0.1) is 11.8 Å². The third-order valence-electron chi connectivity index (χ3n) is 5.92. The molecule has 0 aliphatic carbocycles. The fourth-order valence-corrected chi connectivity index (χ4v) is 6.21. The molecule has 6 heteroatoms. The molecule has 2 amide bonds. The van der Waals surface area contributed by atoms with Gasteiger partial charge in [-0.05, 0) is 60.5 Å². The molecule has 1 atom stereocenters. The minimum atomic E-state index is -0.243. The fraction of sp³-hybridized carbons (Fsp3) is 0.133. The molecule has 1 unspecified atom stereocenters. The number of anilines is 3. The van der Waals surface area contributed by atoms with Gasteiger partial charge in [-0.3, -0.25) is 14.5 Å². The van der Waals surface area contributed by atoms with E-state index in [4.69, 9.17) is 0 Å². The summed E-state index contributed by atoms with van der Waals surface area (Å²) in [5, 5.41) is 2.71. The Labute approximate surface area is 220 Å². The molecule has 0 radical (unpaired) electrons. The maximum Gasteiger partial charge on any atom is 0.245 e. The van der Waals surface area contributed by atoms with Crippen molar-refractivity contribution in [3.05, 3.63) is 109 Å². The average Bonchev–Trinajstić information content (AvgIpc) is 2.91. The van der Waals surface area contributed by atoms with Crippen LogP contribution in [-0.4, -0.2) is 17.1 Å². The van der Waals surface area contributed by atoms with E-state index >= 15 is 0 Å². The molecule has 1 N–H and O–H groups in total. The molecule has 4 nitrogen and oxygen atoms in total. The predicted molar refractivity (Wildman–Crippen MR) is 149 cm³/mol. The number of para-hydroxylation sites is 2. The Kier molecular flexibility index (Phi) is 7.44. The maximum atomic E-state index is 13.9. The molecule has 1 aliphatic rings. The van der Waals surface area contributed by atoms with Gasteiger partial charge in [0.15, 0.2) is 0 Å². The number of carbonyl (C=O) groups is 2. The molecule has 36 heavy (non-hydrogen) atoms. The zero-order valence-electron chi connectivity index (χ0n) is 19.9. The molecule has 4 aromatic rings. The predicted octanol–water partition coefficient (Wildman–Crippen LogP) is 7.57. The number of hydrogen-bond donors (Lipinski definition) is 1. The lowest BCUT2D eigenvalue weighted by Crippen LogP contribution is -2.35. The number of thioether (sulfide) groups is 1. The van der Waals surface area contributed by atoms with Crippen LogP contribution in [0.4, 0.5) is 17.1 Å². The first-order chi connectivity index (χ1) is 17.6. The summed E-state index contributed by atoms with van der Waals surface area (Å²) in [6.07, 6.45) is 1.04. The van der Waals surface area contributed by atoms with Crippen molar-refractivity contribution < 1.29 is 9.59 Å². The second kappa shape index (κ2) is 11.1. The van der Waals surface area contributed by atoms with E-state index in [2.05, 4.69) is 17.4 Å². The van der Waals surface area contributed by atoms with Crippen LogP contribution >= 0.6 is 23.5 Å². The van der Waals surface area contributed by atoms with Crippen LogP contribution in [0.15, 0.2) is 118 Å². The molecule has 0 saturated heterocycles. The van der Waals surface area contributed by atoms with E-state index in [1.165, 1.54) is 0 Å². The van der Waals surface area contributed by atoms with Gasteiger partial charge in [-0.1, -0.05) is 73.3 Å². The van der Waals surface area contributed by atoms with E-state index in [-0.39, 0.29) is 17.1 Å². The van der Waals surface area contributed by atoms with Gasteiger partial charge in [0.1, 0.15) is 0 Å². The van der Waals surface area contributed by atoms with Gasteiger partial charge < -0.3 is 5.32 Å². The van der Waals surface area contributed by atoms with E-state index in [1.807, 2.05) is 103 Å². The van der Waals surface area contributed by atoms with Crippen LogP contribution in [-0.2, 0) is 16.0 Å². The van der Waals surface area contributed by atoms with Crippen molar-refractivity contribution in [1.29, 1.82) is 0 Å². The van der Waals surface area contributed by atoms with Crippen molar-refractivity contribution in [1.82, 2.24) is 0 Å². The molecule has 0 bridgehead atoms. The first kappa shape index (κ1) is 24.2. The van der Waals surface area contributed by atoms with E-state index in [0.717, 1.165) is 37.3 Å². The summed E-state index contributed by atoms with van der Waals surface area (Å²) in [4.78, 5) is 31.3. The van der Waals surface area contributed by atoms with Gasteiger partial charge in [0.25, 0.3) is 0 Å². The Hall–Kier alpha value is -3.48. The maximum absolute atomic E-state index is 13.9. The fourth-order valence-electron chi connectivity index (χ4n) is 4.16. The zero-order valence-corrected chi connectivity index (χ0v) is 21.5. The molecular formula is C30H26N2O2S2. The van der Waals surface area contributed by atoms with Gasteiger partial charge in [0.05, 0.1) is 23.0 Å². The Balaban J connectivity index is 1.30. The monoisotopic (exact) mass is 510 g/mol. The van der Waals surface area contributed by atoms with Gasteiger partial charge >= 0.3 is 0 Å². The van der Waals surface area contributed by atoms with Crippen molar-refractivity contribution >= 4 is 52.4 Å². The van der Waals surface area contributed by atoms with E-state index in [1.54, 1.807) is 23.5 Å². The van der Waals surface area contributed by atoms with Gasteiger partial charge in [-0.2, -0.15) is 0 Å². The Bertz CT molecular complexity index is 1330. The smallest absolute Gasteiger partial charge is 0.245 e. The van der Waals surface area contributed by atoms with Crippen molar-refractivity contribution in [3.63, 3.8) is 0 Å². The summed E-state index contributed by atoms with van der Waals surface area (Å²) in [6, 6.07) is 33.5. The highest BCUT2D eigenvalue weighted by atomic mass is 32.2. The molecule has 180 valence electrons. The third kappa shape index (κ3) is 5.35. The first-order valence-electron chi connectivity index (χ1n) is 11.9. The van der Waals surface area contributed by atoms with Crippen LogP contribution in [0.2, 0.25) is 0 Å². The minimum Gasteiger partial charge on any atom is -0.326 e. The highest BCUT2D eigenvalue weighted by Gasteiger charge is 2.32. The number of benzene rings is 4.